The molecule has 2 heterocycles. The number of ether oxygens (including phenoxy) is 2. The Balaban J connectivity index is 0.00000225. The maximum atomic E-state index is 13.1. The lowest BCUT2D eigenvalue weighted by molar-refractivity contribution is -0.118. The van der Waals surface area contributed by atoms with Gasteiger partial charge in [0.05, 0.1) is 12.8 Å². The van der Waals surface area contributed by atoms with Crippen LogP contribution in [0.5, 0.6) is 11.5 Å². The van der Waals surface area contributed by atoms with Crippen LogP contribution in [-0.2, 0) is 14.8 Å². The second-order valence-electron chi connectivity index (χ2n) is 6.13. The minimum Gasteiger partial charge on any atom is -0.495 e. The van der Waals surface area contributed by atoms with Gasteiger partial charge in [0.1, 0.15) is 16.4 Å². The summed E-state index contributed by atoms with van der Waals surface area (Å²) in [5.74, 6) is 0.216. The number of carbonyl (C=O) groups excluding carboxylic acids is 1. The lowest BCUT2D eigenvalue weighted by Crippen LogP contribution is -2.55. The van der Waals surface area contributed by atoms with E-state index in [0.29, 0.717) is 24.5 Å². The van der Waals surface area contributed by atoms with Crippen molar-refractivity contribution < 1.29 is 22.7 Å². The summed E-state index contributed by atoms with van der Waals surface area (Å²) in [6, 6.07) is 3.01. The van der Waals surface area contributed by atoms with Gasteiger partial charge in [-0.15, -0.1) is 12.4 Å². The molecular formula is C15H22ClN3O5S. The number of benzene rings is 1. The minimum atomic E-state index is -3.74. The molecule has 0 aromatic heterocycles. The number of rotatable bonds is 3. The Morgan fingerprint density at radius 3 is 2.48 bits per heavy atom. The molecule has 10 heteroatoms. The van der Waals surface area contributed by atoms with Crippen LogP contribution in [0.25, 0.3) is 0 Å². The number of hydrogen-bond acceptors (Lipinski definition) is 6. The predicted molar refractivity (Wildman–Crippen MR) is 95.2 cm³/mol. The topological polar surface area (TPSA) is 97.0 Å². The Morgan fingerprint density at radius 1 is 1.24 bits per heavy atom. The molecule has 25 heavy (non-hydrogen) atoms. The molecule has 0 spiro atoms. The lowest BCUT2D eigenvalue weighted by Gasteiger charge is -2.35. The van der Waals surface area contributed by atoms with E-state index in [1.165, 1.54) is 23.5 Å². The predicted octanol–water partition coefficient (Wildman–Crippen LogP) is 0.819. The van der Waals surface area contributed by atoms with Gasteiger partial charge in [-0.1, -0.05) is 0 Å². The maximum Gasteiger partial charge on any atom is 0.262 e. The molecule has 1 aromatic rings. The molecule has 0 saturated carbocycles. The summed E-state index contributed by atoms with van der Waals surface area (Å²) in [6.07, 6.45) is 0. The van der Waals surface area contributed by atoms with E-state index in [2.05, 4.69) is 10.6 Å². The molecule has 2 aliphatic heterocycles. The summed E-state index contributed by atoms with van der Waals surface area (Å²) in [5, 5.41) is 5.95. The standard InChI is InChI=1S/C15H21N3O5S.ClH/c1-9-6-18(7-10(2)16-9)24(20,21)14-5-12-11(4-13(14)22-3)17-15(19)8-23-12;/h4-5,9-10,16H,6-8H2,1-3H3,(H,17,19);1H. The summed E-state index contributed by atoms with van der Waals surface area (Å²) in [7, 11) is -2.34. The van der Waals surface area contributed by atoms with E-state index < -0.39 is 10.0 Å². The Morgan fingerprint density at radius 2 is 1.88 bits per heavy atom. The van der Waals surface area contributed by atoms with Crippen LogP contribution in [0.15, 0.2) is 17.0 Å². The quantitative estimate of drug-likeness (QED) is 0.791. The number of fused-ring (bicyclic) bond motifs is 1. The van der Waals surface area contributed by atoms with Crippen molar-refractivity contribution in [3.05, 3.63) is 12.1 Å². The van der Waals surface area contributed by atoms with Gasteiger partial charge in [-0.3, -0.25) is 4.79 Å². The van der Waals surface area contributed by atoms with Crippen LogP contribution >= 0.6 is 12.4 Å². The summed E-state index contributed by atoms with van der Waals surface area (Å²) >= 11 is 0. The van der Waals surface area contributed by atoms with Crippen LogP contribution in [0.3, 0.4) is 0 Å². The monoisotopic (exact) mass is 391 g/mol. The van der Waals surface area contributed by atoms with E-state index in [1.54, 1.807) is 0 Å². The van der Waals surface area contributed by atoms with E-state index in [4.69, 9.17) is 9.47 Å². The van der Waals surface area contributed by atoms with Gasteiger partial charge in [-0.25, -0.2) is 8.42 Å². The van der Waals surface area contributed by atoms with Gasteiger partial charge in [0.2, 0.25) is 10.0 Å². The molecule has 2 aliphatic rings. The summed E-state index contributed by atoms with van der Waals surface area (Å²) in [4.78, 5) is 11.5. The van der Waals surface area contributed by atoms with Crippen molar-refractivity contribution in [3.63, 3.8) is 0 Å². The van der Waals surface area contributed by atoms with Crippen LogP contribution in [0, 0.1) is 0 Å². The number of methoxy groups -OCH3 is 1. The largest absolute Gasteiger partial charge is 0.495 e. The van der Waals surface area contributed by atoms with Crippen molar-refractivity contribution in [2.45, 2.75) is 30.8 Å². The molecule has 0 aliphatic carbocycles. The highest BCUT2D eigenvalue weighted by atomic mass is 35.5. The Hall–Kier alpha value is -1.55. The highest BCUT2D eigenvalue weighted by Crippen LogP contribution is 2.38. The van der Waals surface area contributed by atoms with Crippen molar-refractivity contribution in [2.24, 2.45) is 0 Å². The van der Waals surface area contributed by atoms with Gasteiger partial charge < -0.3 is 20.1 Å². The Kier molecular flexibility index (Phi) is 5.82. The van der Waals surface area contributed by atoms with Crippen LogP contribution in [0.4, 0.5) is 5.69 Å². The number of nitrogens with zero attached hydrogens (tertiary/aromatic N) is 1. The highest BCUT2D eigenvalue weighted by Gasteiger charge is 2.34. The van der Waals surface area contributed by atoms with Crippen LogP contribution < -0.4 is 20.1 Å². The highest BCUT2D eigenvalue weighted by molar-refractivity contribution is 7.89. The fraction of sp³-hybridized carbons (Fsp3) is 0.533. The van der Waals surface area contributed by atoms with Gasteiger partial charge in [0.25, 0.3) is 5.91 Å². The van der Waals surface area contributed by atoms with Crippen LogP contribution in [-0.4, -0.2) is 57.5 Å². The molecule has 3 rings (SSSR count). The first-order valence-electron chi connectivity index (χ1n) is 7.72. The zero-order valence-corrected chi connectivity index (χ0v) is 15.9. The smallest absolute Gasteiger partial charge is 0.262 e. The molecule has 1 aromatic carbocycles. The third-order valence-electron chi connectivity index (χ3n) is 4.04. The van der Waals surface area contributed by atoms with E-state index in [1.807, 2.05) is 13.8 Å². The van der Waals surface area contributed by atoms with E-state index >= 15 is 0 Å². The zero-order valence-electron chi connectivity index (χ0n) is 14.2. The first kappa shape index (κ1) is 19.8. The number of piperazine rings is 1. The van der Waals surface area contributed by atoms with E-state index in [0.717, 1.165) is 0 Å². The summed E-state index contributed by atoms with van der Waals surface area (Å²) in [5.41, 5.74) is 0.407. The van der Waals surface area contributed by atoms with Gasteiger partial charge in [0.15, 0.2) is 6.61 Å². The molecule has 140 valence electrons. The fourth-order valence-corrected chi connectivity index (χ4v) is 4.83. The number of anilines is 1. The van der Waals surface area contributed by atoms with Crippen molar-refractivity contribution >= 4 is 34.0 Å². The summed E-state index contributed by atoms with van der Waals surface area (Å²) < 4.78 is 38.2. The molecule has 1 saturated heterocycles. The molecule has 1 fully saturated rings. The molecule has 0 radical (unpaired) electrons. The van der Waals surface area contributed by atoms with Crippen molar-refractivity contribution in [1.82, 2.24) is 9.62 Å². The average Bonchev–Trinajstić information content (AvgIpc) is 2.52. The molecule has 8 nitrogen and oxygen atoms in total. The first-order chi connectivity index (χ1) is 11.3. The molecule has 2 unspecified atom stereocenters. The third kappa shape index (κ3) is 3.84. The molecule has 1 amide bonds. The lowest BCUT2D eigenvalue weighted by atomic mass is 10.2. The number of hydrogen-bond donors (Lipinski definition) is 2. The number of sulfonamides is 1. The van der Waals surface area contributed by atoms with E-state index in [-0.39, 0.29) is 47.6 Å². The number of halogens is 1. The molecule has 2 atom stereocenters. The van der Waals surface area contributed by atoms with Gasteiger partial charge in [-0.05, 0) is 13.8 Å². The van der Waals surface area contributed by atoms with Gasteiger partial charge in [0, 0.05) is 37.3 Å². The fourth-order valence-electron chi connectivity index (χ4n) is 3.06. The third-order valence-corrected chi connectivity index (χ3v) is 5.89. The molecule has 0 bridgehead atoms. The normalized spacial score (nSPS) is 23.7. The second-order valence-corrected chi connectivity index (χ2v) is 8.03. The van der Waals surface area contributed by atoms with E-state index in [9.17, 15) is 13.2 Å². The summed E-state index contributed by atoms with van der Waals surface area (Å²) in [6.45, 7) is 4.51. The number of carbonyl (C=O) groups is 1. The minimum absolute atomic E-state index is 0. The van der Waals surface area contributed by atoms with Gasteiger partial charge >= 0.3 is 0 Å². The molecule has 2 N–H and O–H groups in total. The van der Waals surface area contributed by atoms with Crippen molar-refractivity contribution in [1.29, 1.82) is 0 Å². The number of nitrogens with one attached hydrogen (secondary N) is 2. The second kappa shape index (κ2) is 7.36. The van der Waals surface area contributed by atoms with Crippen LogP contribution in [0.1, 0.15) is 13.8 Å². The number of amides is 1. The van der Waals surface area contributed by atoms with Crippen molar-refractivity contribution in [2.75, 3.05) is 32.1 Å². The first-order valence-corrected chi connectivity index (χ1v) is 9.16. The molecular weight excluding hydrogens is 370 g/mol. The van der Waals surface area contributed by atoms with Crippen LogP contribution in [0.2, 0.25) is 0 Å². The van der Waals surface area contributed by atoms with Crippen molar-refractivity contribution in [3.8, 4) is 11.5 Å². The SMILES string of the molecule is COc1cc2c(cc1S(=O)(=O)N1CC(C)NC(C)C1)OCC(=O)N2.Cl. The zero-order chi connectivity index (χ0) is 17.5. The Labute approximate surface area is 153 Å². The van der Waals surface area contributed by atoms with Gasteiger partial charge in [-0.2, -0.15) is 4.31 Å². The average molecular weight is 392 g/mol. The Bertz CT molecular complexity index is 761. The maximum absolute atomic E-state index is 13.1.